The molecule has 1 aromatic heterocycles. The highest BCUT2D eigenvalue weighted by Gasteiger charge is 2.07. The number of anilines is 1. The first kappa shape index (κ1) is 17.5. The number of aryl methyl sites for hydroxylation is 2. The van der Waals surface area contributed by atoms with Crippen LogP contribution in [-0.4, -0.2) is 30.6 Å². The van der Waals surface area contributed by atoms with Crippen molar-refractivity contribution in [2.24, 2.45) is 0 Å². The van der Waals surface area contributed by atoms with Gasteiger partial charge in [0.1, 0.15) is 11.5 Å². The van der Waals surface area contributed by atoms with Gasteiger partial charge in [0, 0.05) is 25.5 Å². The molecule has 0 radical (unpaired) electrons. The van der Waals surface area contributed by atoms with Crippen molar-refractivity contribution in [2.45, 2.75) is 26.2 Å². The second kappa shape index (κ2) is 8.71. The summed E-state index contributed by atoms with van der Waals surface area (Å²) in [5.41, 5.74) is 1.06. The molecule has 0 saturated carbocycles. The van der Waals surface area contributed by atoms with E-state index in [2.05, 4.69) is 15.8 Å². The van der Waals surface area contributed by atoms with Gasteiger partial charge < -0.3 is 19.9 Å². The van der Waals surface area contributed by atoms with E-state index >= 15 is 0 Å². The van der Waals surface area contributed by atoms with Crippen molar-refractivity contribution < 1.29 is 18.8 Å². The number of hydrogen-bond acceptors (Lipinski definition) is 5. The lowest BCUT2D eigenvalue weighted by Gasteiger charge is -2.06. The first-order valence-electron chi connectivity index (χ1n) is 7.69. The summed E-state index contributed by atoms with van der Waals surface area (Å²) in [5.74, 6) is 1.48. The zero-order valence-electron chi connectivity index (χ0n) is 13.8. The van der Waals surface area contributed by atoms with Gasteiger partial charge in [-0.2, -0.15) is 0 Å². The topological polar surface area (TPSA) is 93.5 Å². The van der Waals surface area contributed by atoms with Crippen molar-refractivity contribution in [2.75, 3.05) is 19.0 Å². The smallest absolute Gasteiger partial charge is 0.227 e. The van der Waals surface area contributed by atoms with Crippen LogP contribution in [0, 0.1) is 6.92 Å². The van der Waals surface area contributed by atoms with E-state index in [4.69, 9.17) is 9.26 Å². The number of benzene rings is 1. The van der Waals surface area contributed by atoms with E-state index in [9.17, 15) is 9.59 Å². The van der Waals surface area contributed by atoms with Gasteiger partial charge in [0.15, 0.2) is 5.82 Å². The number of ether oxygens (including phenoxy) is 1. The lowest BCUT2D eigenvalue weighted by Crippen LogP contribution is -2.27. The normalized spacial score (nSPS) is 10.2. The van der Waals surface area contributed by atoms with Crippen LogP contribution in [0.15, 0.2) is 34.9 Å². The fourth-order valence-corrected chi connectivity index (χ4v) is 2.08. The number of methoxy groups -OCH3 is 1. The molecule has 2 aromatic rings. The first-order chi connectivity index (χ1) is 11.6. The standard InChI is InChI=1S/C17H21N3O4/c1-12-11-15(20-24-12)19-17(22)9-10-18-16(21)8-5-13-3-6-14(23-2)7-4-13/h3-4,6-7,11H,5,8-10H2,1-2H3,(H,18,21)(H,19,20,22). The predicted octanol–water partition coefficient (Wildman–Crippen LogP) is 2.07. The molecule has 0 bridgehead atoms. The molecule has 0 fully saturated rings. The SMILES string of the molecule is COc1ccc(CCC(=O)NCCC(=O)Nc2cc(C)on2)cc1. The summed E-state index contributed by atoms with van der Waals surface area (Å²) in [6, 6.07) is 9.22. The second-order valence-corrected chi connectivity index (χ2v) is 5.32. The van der Waals surface area contributed by atoms with E-state index in [-0.39, 0.29) is 24.8 Å². The molecule has 0 atom stereocenters. The minimum absolute atomic E-state index is 0.0871. The molecular formula is C17H21N3O4. The summed E-state index contributed by atoms with van der Waals surface area (Å²) in [4.78, 5) is 23.5. The number of amides is 2. The number of nitrogens with one attached hydrogen (secondary N) is 2. The fraction of sp³-hybridized carbons (Fsp3) is 0.353. The third-order valence-electron chi connectivity index (χ3n) is 3.37. The van der Waals surface area contributed by atoms with E-state index in [1.165, 1.54) is 0 Å². The van der Waals surface area contributed by atoms with Crippen molar-refractivity contribution in [1.29, 1.82) is 0 Å². The van der Waals surface area contributed by atoms with Crippen LogP contribution in [0.1, 0.15) is 24.2 Å². The summed E-state index contributed by atoms with van der Waals surface area (Å²) in [6.07, 6.45) is 1.19. The molecule has 0 aliphatic rings. The van der Waals surface area contributed by atoms with Crippen LogP contribution >= 0.6 is 0 Å². The van der Waals surface area contributed by atoms with Gasteiger partial charge in [0.25, 0.3) is 0 Å². The monoisotopic (exact) mass is 331 g/mol. The Bertz CT molecular complexity index is 679. The molecule has 7 nitrogen and oxygen atoms in total. The lowest BCUT2D eigenvalue weighted by molar-refractivity contribution is -0.121. The van der Waals surface area contributed by atoms with E-state index < -0.39 is 0 Å². The second-order valence-electron chi connectivity index (χ2n) is 5.32. The maximum atomic E-state index is 11.8. The number of rotatable bonds is 8. The molecular weight excluding hydrogens is 310 g/mol. The van der Waals surface area contributed by atoms with Crippen LogP contribution in [0.4, 0.5) is 5.82 Å². The van der Waals surface area contributed by atoms with E-state index in [1.54, 1.807) is 20.1 Å². The number of carbonyl (C=O) groups is 2. The highest BCUT2D eigenvalue weighted by atomic mass is 16.5. The van der Waals surface area contributed by atoms with Crippen molar-refractivity contribution in [1.82, 2.24) is 10.5 Å². The van der Waals surface area contributed by atoms with Gasteiger partial charge in [-0.1, -0.05) is 17.3 Å². The Labute approximate surface area is 140 Å². The van der Waals surface area contributed by atoms with Gasteiger partial charge in [-0.3, -0.25) is 9.59 Å². The van der Waals surface area contributed by atoms with Crippen LogP contribution < -0.4 is 15.4 Å². The quantitative estimate of drug-likeness (QED) is 0.772. The summed E-state index contributed by atoms with van der Waals surface area (Å²) in [5, 5.41) is 9.00. The van der Waals surface area contributed by atoms with Gasteiger partial charge in [0.2, 0.25) is 11.8 Å². The van der Waals surface area contributed by atoms with Gasteiger partial charge in [-0.05, 0) is 31.0 Å². The largest absolute Gasteiger partial charge is 0.497 e. The maximum Gasteiger partial charge on any atom is 0.227 e. The minimum atomic E-state index is -0.223. The molecule has 128 valence electrons. The predicted molar refractivity (Wildman–Crippen MR) is 88.8 cm³/mol. The van der Waals surface area contributed by atoms with Gasteiger partial charge in [-0.25, -0.2) is 0 Å². The lowest BCUT2D eigenvalue weighted by atomic mass is 10.1. The van der Waals surface area contributed by atoms with Gasteiger partial charge in [-0.15, -0.1) is 0 Å². The summed E-state index contributed by atoms with van der Waals surface area (Å²) in [6.45, 7) is 2.02. The van der Waals surface area contributed by atoms with E-state index in [0.29, 0.717) is 24.4 Å². The van der Waals surface area contributed by atoms with Crippen LogP contribution in [0.3, 0.4) is 0 Å². The zero-order valence-corrected chi connectivity index (χ0v) is 13.8. The zero-order chi connectivity index (χ0) is 17.4. The Hall–Kier alpha value is -2.83. The van der Waals surface area contributed by atoms with Gasteiger partial charge >= 0.3 is 0 Å². The van der Waals surface area contributed by atoms with Crippen LogP contribution in [-0.2, 0) is 16.0 Å². The Morgan fingerprint density at radius 2 is 1.92 bits per heavy atom. The molecule has 2 N–H and O–H groups in total. The van der Waals surface area contributed by atoms with E-state index in [1.807, 2.05) is 24.3 Å². The number of carbonyl (C=O) groups excluding carboxylic acids is 2. The first-order valence-corrected chi connectivity index (χ1v) is 7.69. The molecule has 2 amide bonds. The highest BCUT2D eigenvalue weighted by Crippen LogP contribution is 2.12. The number of aromatic nitrogens is 1. The summed E-state index contributed by atoms with van der Waals surface area (Å²) in [7, 11) is 1.61. The maximum absolute atomic E-state index is 11.8. The van der Waals surface area contributed by atoms with Crippen LogP contribution in [0.25, 0.3) is 0 Å². The molecule has 0 spiro atoms. The van der Waals surface area contributed by atoms with Crippen molar-refractivity contribution in [3.63, 3.8) is 0 Å². The number of nitrogens with zero attached hydrogens (tertiary/aromatic N) is 1. The molecule has 0 unspecified atom stereocenters. The molecule has 24 heavy (non-hydrogen) atoms. The third-order valence-corrected chi connectivity index (χ3v) is 3.37. The Morgan fingerprint density at radius 1 is 1.17 bits per heavy atom. The number of hydrogen-bond donors (Lipinski definition) is 2. The Kier molecular flexibility index (Phi) is 6.36. The molecule has 1 aromatic carbocycles. The average Bonchev–Trinajstić information content (AvgIpc) is 2.98. The minimum Gasteiger partial charge on any atom is -0.497 e. The molecule has 7 heteroatoms. The Morgan fingerprint density at radius 3 is 2.54 bits per heavy atom. The fourth-order valence-electron chi connectivity index (χ4n) is 2.08. The van der Waals surface area contributed by atoms with E-state index in [0.717, 1.165) is 11.3 Å². The average molecular weight is 331 g/mol. The van der Waals surface area contributed by atoms with Gasteiger partial charge in [0.05, 0.1) is 7.11 Å². The molecule has 2 rings (SSSR count). The highest BCUT2D eigenvalue weighted by molar-refractivity contribution is 5.90. The molecule has 0 aliphatic carbocycles. The summed E-state index contributed by atoms with van der Waals surface area (Å²) < 4.78 is 9.94. The molecule has 1 heterocycles. The van der Waals surface area contributed by atoms with Crippen molar-refractivity contribution in [3.05, 3.63) is 41.7 Å². The summed E-state index contributed by atoms with van der Waals surface area (Å²) >= 11 is 0. The van der Waals surface area contributed by atoms with Crippen molar-refractivity contribution in [3.8, 4) is 5.75 Å². The third kappa shape index (κ3) is 5.75. The van der Waals surface area contributed by atoms with Crippen LogP contribution in [0.5, 0.6) is 5.75 Å². The molecule has 0 saturated heterocycles. The Balaban J connectivity index is 1.62. The van der Waals surface area contributed by atoms with Crippen molar-refractivity contribution >= 4 is 17.6 Å². The molecule has 0 aliphatic heterocycles. The van der Waals surface area contributed by atoms with Crippen LogP contribution in [0.2, 0.25) is 0 Å².